The molecule has 2 unspecified atom stereocenters. The molecule has 1 aromatic carbocycles. The molecule has 1 saturated heterocycles. The summed E-state index contributed by atoms with van der Waals surface area (Å²) in [6.45, 7) is 2.81. The summed E-state index contributed by atoms with van der Waals surface area (Å²) in [6, 6.07) is 4.44. The Bertz CT molecular complexity index is 519. The van der Waals surface area contributed by atoms with Crippen molar-refractivity contribution in [1.82, 2.24) is 5.32 Å². The molecule has 3 N–H and O–H groups in total. The molecule has 1 heterocycles. The van der Waals surface area contributed by atoms with Crippen molar-refractivity contribution in [2.75, 3.05) is 11.9 Å². The van der Waals surface area contributed by atoms with E-state index in [0.29, 0.717) is 5.69 Å². The Kier molecular flexibility index (Phi) is 4.21. The average molecular weight is 327 g/mol. The van der Waals surface area contributed by atoms with Crippen LogP contribution in [0.3, 0.4) is 0 Å². The number of hydrogen-bond donors (Lipinski definition) is 3. The highest BCUT2D eigenvalue weighted by atomic mass is 79.9. The summed E-state index contributed by atoms with van der Waals surface area (Å²) >= 11 is 3.27. The molecule has 0 aromatic heterocycles. The van der Waals surface area contributed by atoms with E-state index >= 15 is 0 Å². The van der Waals surface area contributed by atoms with Crippen LogP contribution in [-0.2, 0) is 4.79 Å². The van der Waals surface area contributed by atoms with E-state index < -0.39 is 5.97 Å². The van der Waals surface area contributed by atoms with Gasteiger partial charge in [-0.15, -0.1) is 0 Å². The van der Waals surface area contributed by atoms with Gasteiger partial charge in [-0.2, -0.15) is 0 Å². The predicted octanol–water partition coefficient (Wildman–Crippen LogP) is 2.08. The molecule has 19 heavy (non-hydrogen) atoms. The first-order valence-electron chi connectivity index (χ1n) is 6.06. The summed E-state index contributed by atoms with van der Waals surface area (Å²) in [7, 11) is 0. The van der Waals surface area contributed by atoms with E-state index in [2.05, 4.69) is 26.6 Å². The molecule has 102 valence electrons. The normalized spacial score (nSPS) is 22.2. The zero-order valence-corrected chi connectivity index (χ0v) is 12.0. The fraction of sp³-hybridized carbons (Fsp3) is 0.385. The second-order valence-electron chi connectivity index (χ2n) is 4.68. The second-order valence-corrected chi connectivity index (χ2v) is 5.60. The molecule has 1 aliphatic heterocycles. The van der Waals surface area contributed by atoms with E-state index in [1.807, 2.05) is 6.92 Å². The van der Waals surface area contributed by atoms with Gasteiger partial charge in [0.2, 0.25) is 5.91 Å². The van der Waals surface area contributed by atoms with Gasteiger partial charge in [-0.05, 0) is 37.1 Å². The topological polar surface area (TPSA) is 78.4 Å². The van der Waals surface area contributed by atoms with E-state index in [1.54, 1.807) is 12.1 Å². The van der Waals surface area contributed by atoms with Crippen molar-refractivity contribution in [3.63, 3.8) is 0 Å². The van der Waals surface area contributed by atoms with E-state index in [9.17, 15) is 9.59 Å². The summed E-state index contributed by atoms with van der Waals surface area (Å²) in [5.41, 5.74) is 0.398. The van der Waals surface area contributed by atoms with Gasteiger partial charge in [0.05, 0.1) is 17.3 Å². The monoisotopic (exact) mass is 326 g/mol. The zero-order chi connectivity index (χ0) is 14.0. The maximum atomic E-state index is 12.1. The second kappa shape index (κ2) is 5.71. The third-order valence-corrected chi connectivity index (χ3v) is 3.78. The Balaban J connectivity index is 2.20. The standard InChI is InChI=1S/C13H15BrN2O3/c1-7-4-5-15-11(7)12(17)16-10-6-8(14)2-3-9(10)13(18)19/h2-3,6-7,11,15H,4-5H2,1H3,(H,16,17)(H,18,19). The number of carboxylic acids is 1. The fourth-order valence-corrected chi connectivity index (χ4v) is 2.56. The number of carbonyl (C=O) groups excluding carboxylic acids is 1. The van der Waals surface area contributed by atoms with Gasteiger partial charge < -0.3 is 15.7 Å². The summed E-state index contributed by atoms with van der Waals surface area (Å²) < 4.78 is 0.722. The average Bonchev–Trinajstić information content (AvgIpc) is 2.75. The molecular weight excluding hydrogens is 312 g/mol. The number of halogens is 1. The zero-order valence-electron chi connectivity index (χ0n) is 10.4. The number of carboxylic acid groups (broad SMARTS) is 1. The van der Waals surface area contributed by atoms with Gasteiger partial charge in [-0.25, -0.2) is 4.79 Å². The van der Waals surface area contributed by atoms with Crippen LogP contribution in [0.15, 0.2) is 22.7 Å². The molecule has 6 heteroatoms. The van der Waals surface area contributed by atoms with Crippen LogP contribution in [0.25, 0.3) is 0 Å². The number of benzene rings is 1. The highest BCUT2D eigenvalue weighted by Crippen LogP contribution is 2.23. The molecule has 2 atom stereocenters. The molecule has 0 spiro atoms. The first kappa shape index (κ1) is 14.0. The minimum atomic E-state index is -1.06. The lowest BCUT2D eigenvalue weighted by Gasteiger charge is -2.16. The molecular formula is C13H15BrN2O3. The van der Waals surface area contributed by atoms with Crippen molar-refractivity contribution in [2.24, 2.45) is 5.92 Å². The molecule has 5 nitrogen and oxygen atoms in total. The van der Waals surface area contributed by atoms with Crippen LogP contribution in [0.4, 0.5) is 5.69 Å². The van der Waals surface area contributed by atoms with E-state index in [1.165, 1.54) is 6.07 Å². The van der Waals surface area contributed by atoms with Gasteiger partial charge in [0.15, 0.2) is 0 Å². The quantitative estimate of drug-likeness (QED) is 0.794. The number of rotatable bonds is 3. The summed E-state index contributed by atoms with van der Waals surface area (Å²) in [5.74, 6) is -0.999. The molecule has 1 aromatic rings. The molecule has 0 bridgehead atoms. The number of amides is 1. The van der Waals surface area contributed by atoms with Gasteiger partial charge in [-0.3, -0.25) is 4.79 Å². The van der Waals surface area contributed by atoms with E-state index in [4.69, 9.17) is 5.11 Å². The number of aromatic carboxylic acids is 1. The Morgan fingerprint density at radius 3 is 2.79 bits per heavy atom. The molecule has 1 amide bonds. The van der Waals surface area contributed by atoms with Crippen molar-refractivity contribution in [3.05, 3.63) is 28.2 Å². The number of carbonyl (C=O) groups is 2. The lowest BCUT2D eigenvalue weighted by atomic mass is 10.0. The van der Waals surface area contributed by atoms with E-state index in [-0.39, 0.29) is 23.4 Å². The third kappa shape index (κ3) is 3.13. The Hall–Kier alpha value is -1.40. The first-order chi connectivity index (χ1) is 8.99. The lowest BCUT2D eigenvalue weighted by Crippen LogP contribution is -2.39. The minimum absolute atomic E-state index is 0.0854. The maximum absolute atomic E-state index is 12.1. The van der Waals surface area contributed by atoms with Crippen LogP contribution in [-0.4, -0.2) is 29.6 Å². The summed E-state index contributed by atoms with van der Waals surface area (Å²) in [6.07, 6.45) is 0.947. The van der Waals surface area contributed by atoms with E-state index in [0.717, 1.165) is 17.4 Å². The van der Waals surface area contributed by atoms with Crippen LogP contribution in [0.2, 0.25) is 0 Å². The number of anilines is 1. The first-order valence-corrected chi connectivity index (χ1v) is 6.85. The summed E-state index contributed by atoms with van der Waals surface area (Å²) in [4.78, 5) is 23.2. The van der Waals surface area contributed by atoms with Gasteiger partial charge in [0.1, 0.15) is 0 Å². The largest absolute Gasteiger partial charge is 0.478 e. The van der Waals surface area contributed by atoms with Crippen LogP contribution in [0.5, 0.6) is 0 Å². The molecule has 1 aliphatic rings. The fourth-order valence-electron chi connectivity index (χ4n) is 2.20. The van der Waals surface area contributed by atoms with Crippen molar-refractivity contribution in [2.45, 2.75) is 19.4 Å². The molecule has 1 fully saturated rings. The molecule has 0 aliphatic carbocycles. The minimum Gasteiger partial charge on any atom is -0.478 e. The van der Waals surface area contributed by atoms with Gasteiger partial charge in [0.25, 0.3) is 0 Å². The van der Waals surface area contributed by atoms with Crippen LogP contribution < -0.4 is 10.6 Å². The van der Waals surface area contributed by atoms with Gasteiger partial charge in [-0.1, -0.05) is 22.9 Å². The van der Waals surface area contributed by atoms with Crippen molar-refractivity contribution in [1.29, 1.82) is 0 Å². The maximum Gasteiger partial charge on any atom is 0.337 e. The van der Waals surface area contributed by atoms with Crippen LogP contribution in [0, 0.1) is 5.92 Å². The highest BCUT2D eigenvalue weighted by Gasteiger charge is 2.29. The van der Waals surface area contributed by atoms with Crippen LogP contribution >= 0.6 is 15.9 Å². The van der Waals surface area contributed by atoms with Gasteiger partial charge in [0, 0.05) is 4.47 Å². The highest BCUT2D eigenvalue weighted by molar-refractivity contribution is 9.10. The molecule has 0 radical (unpaired) electrons. The van der Waals surface area contributed by atoms with Crippen molar-refractivity contribution in [3.8, 4) is 0 Å². The Labute approximate surface area is 119 Å². The van der Waals surface area contributed by atoms with Crippen LogP contribution in [0.1, 0.15) is 23.7 Å². The SMILES string of the molecule is CC1CCNC1C(=O)Nc1cc(Br)ccc1C(=O)O. The predicted molar refractivity (Wildman–Crippen MR) is 75.3 cm³/mol. The molecule has 2 rings (SSSR count). The number of hydrogen-bond acceptors (Lipinski definition) is 3. The number of nitrogens with one attached hydrogen (secondary N) is 2. The third-order valence-electron chi connectivity index (χ3n) is 3.29. The molecule has 0 saturated carbocycles. The Morgan fingerprint density at radius 2 is 2.21 bits per heavy atom. The summed E-state index contributed by atoms with van der Waals surface area (Å²) in [5, 5.41) is 14.9. The Morgan fingerprint density at radius 1 is 1.47 bits per heavy atom. The van der Waals surface area contributed by atoms with Crippen molar-refractivity contribution >= 4 is 33.5 Å². The van der Waals surface area contributed by atoms with Crippen molar-refractivity contribution < 1.29 is 14.7 Å². The smallest absolute Gasteiger partial charge is 0.337 e. The van der Waals surface area contributed by atoms with Gasteiger partial charge >= 0.3 is 5.97 Å². The lowest BCUT2D eigenvalue weighted by molar-refractivity contribution is -0.118.